The van der Waals surface area contributed by atoms with Gasteiger partial charge in [-0.3, -0.25) is 0 Å². The van der Waals surface area contributed by atoms with E-state index in [1.807, 2.05) is 0 Å². The quantitative estimate of drug-likeness (QED) is 0.127. The van der Waals surface area contributed by atoms with Crippen molar-refractivity contribution < 1.29 is 0 Å². The number of halogens is 4. The molecule has 1 aliphatic heterocycles. The fourth-order valence-electron chi connectivity index (χ4n) is 10.5. The normalized spacial score (nSPS) is 20.2. The lowest BCUT2D eigenvalue weighted by atomic mass is 10.0. The minimum Gasteiger partial charge on any atom is -0.149 e. The van der Waals surface area contributed by atoms with E-state index in [-0.39, 0.29) is 5.92 Å². The summed E-state index contributed by atoms with van der Waals surface area (Å²) in [7, 11) is -13.2. The maximum Gasteiger partial charge on any atom is 0.241 e. The van der Waals surface area contributed by atoms with Crippen LogP contribution < -0.4 is 10.4 Å². The molecule has 3 rings (SSSR count). The van der Waals surface area contributed by atoms with Gasteiger partial charge in [-0.25, -0.2) is 0 Å². The van der Waals surface area contributed by atoms with Crippen molar-refractivity contribution in [3.05, 3.63) is 70.4 Å². The molecule has 11 heteroatoms. The van der Waals surface area contributed by atoms with Gasteiger partial charge < -0.3 is 0 Å². The number of alkyl halides is 3. The van der Waals surface area contributed by atoms with Crippen molar-refractivity contribution >= 4 is 112 Å². The van der Waals surface area contributed by atoms with Crippen LogP contribution in [0.5, 0.6) is 0 Å². The van der Waals surface area contributed by atoms with Crippen LogP contribution in [0.15, 0.2) is 48.2 Å². The highest BCUT2D eigenvalue weighted by molar-refractivity contribution is 7.37. The summed E-state index contributed by atoms with van der Waals surface area (Å²) < 4.78 is -1.45. The third-order valence-corrected chi connectivity index (χ3v) is 43.6. The van der Waals surface area contributed by atoms with Crippen molar-refractivity contribution in [1.82, 2.24) is 0 Å². The van der Waals surface area contributed by atoms with Gasteiger partial charge in [-0.1, -0.05) is 201 Å². The van der Waals surface area contributed by atoms with E-state index >= 15 is 0 Å². The van der Waals surface area contributed by atoms with Gasteiger partial charge in [-0.15, -0.1) is 11.1 Å². The van der Waals surface area contributed by atoms with Gasteiger partial charge in [0.05, 0.1) is 0 Å². The van der Waals surface area contributed by atoms with Crippen LogP contribution in [-0.4, -0.2) is 59.6 Å². The number of allylic oxidation sites excluding steroid dienone is 1. The highest BCUT2D eigenvalue weighted by Gasteiger charge is 2.52. The maximum absolute atomic E-state index is 8.56. The average Bonchev–Trinajstić information content (AvgIpc) is 2.77. The van der Waals surface area contributed by atoms with Crippen molar-refractivity contribution in [2.24, 2.45) is 0 Å². The molecule has 0 unspecified atom stereocenters. The Morgan fingerprint density at radius 1 is 0.562 bits per heavy atom. The molecule has 0 saturated carbocycles. The third kappa shape index (κ3) is 9.14. The van der Waals surface area contributed by atoms with Crippen LogP contribution in [0.4, 0.5) is 0 Å². The first-order valence-electron chi connectivity index (χ1n) is 17.9. The molecule has 0 radical (unpaired) electrons. The molecule has 48 heavy (non-hydrogen) atoms. The molecular formula is C37H66Cl4Si7. The van der Waals surface area contributed by atoms with E-state index in [0.717, 1.165) is 5.56 Å². The van der Waals surface area contributed by atoms with E-state index in [9.17, 15) is 0 Å². The first-order valence-corrected chi connectivity index (χ1v) is 43.6. The zero-order valence-corrected chi connectivity index (χ0v) is 43.5. The van der Waals surface area contributed by atoms with Crippen molar-refractivity contribution in [2.45, 2.75) is 143 Å². The fraction of sp³-hybridized carbons (Fsp3) is 0.622. The van der Waals surface area contributed by atoms with Crippen LogP contribution in [0.3, 0.4) is 0 Å². The SMILES string of the molecule is C[Si](C)(C)C(c1cc(C([Si](C)(C)C)[Si](C)(C)C)c([Si@]2(Cl)C=C[C@H](C(Cl)(Cl)Cl)c3ccccc32)c(C([Si](C)(C)C)[Si](C)(C)C)c1)[Si](C)(C)C. The van der Waals surface area contributed by atoms with Gasteiger partial charge in [0.1, 0.15) is 0 Å². The summed E-state index contributed by atoms with van der Waals surface area (Å²) in [4.78, 5) is 0. The van der Waals surface area contributed by atoms with E-state index < -0.39 is 59.6 Å². The lowest BCUT2D eigenvalue weighted by Gasteiger charge is -2.48. The zero-order chi connectivity index (χ0) is 37.4. The number of benzene rings is 2. The van der Waals surface area contributed by atoms with E-state index in [2.05, 4.69) is 166 Å². The predicted octanol–water partition coefficient (Wildman–Crippen LogP) is 13.1. The molecule has 0 amide bonds. The van der Waals surface area contributed by atoms with E-state index in [4.69, 9.17) is 45.9 Å². The Balaban J connectivity index is 2.81. The molecule has 0 spiro atoms. The summed E-state index contributed by atoms with van der Waals surface area (Å²) in [5.41, 5.74) is 8.29. The van der Waals surface area contributed by atoms with Crippen LogP contribution >= 0.6 is 45.9 Å². The van der Waals surface area contributed by atoms with Gasteiger partial charge >= 0.3 is 0 Å². The third-order valence-electron chi connectivity index (χ3n) is 10.3. The number of fused-ring (bicyclic) bond motifs is 1. The van der Waals surface area contributed by atoms with E-state index in [1.54, 1.807) is 16.7 Å². The molecule has 0 aromatic heterocycles. The van der Waals surface area contributed by atoms with Gasteiger partial charge in [0.15, 0.2) is 0 Å². The molecule has 270 valence electrons. The van der Waals surface area contributed by atoms with Gasteiger partial charge in [0.25, 0.3) is 0 Å². The highest BCUT2D eigenvalue weighted by Crippen LogP contribution is 2.48. The highest BCUT2D eigenvalue weighted by atomic mass is 35.6. The Hall–Kier alpha value is 0.858. The molecule has 1 aliphatic rings. The van der Waals surface area contributed by atoms with Crippen molar-refractivity contribution in [3.63, 3.8) is 0 Å². The van der Waals surface area contributed by atoms with Crippen LogP contribution in [-0.2, 0) is 0 Å². The predicted molar refractivity (Wildman–Crippen MR) is 244 cm³/mol. The molecule has 0 saturated heterocycles. The second kappa shape index (κ2) is 13.9. The molecule has 0 nitrogen and oxygen atoms in total. The molecule has 1 heterocycles. The van der Waals surface area contributed by atoms with Crippen LogP contribution in [0.1, 0.15) is 43.7 Å². The van der Waals surface area contributed by atoms with Gasteiger partial charge in [-0.2, -0.15) is 0 Å². The summed E-state index contributed by atoms with van der Waals surface area (Å²) >= 11 is 28.7. The Bertz CT molecular complexity index is 1410. The Labute approximate surface area is 323 Å². The molecule has 0 aliphatic carbocycles. The monoisotopic (exact) mass is 846 g/mol. The van der Waals surface area contributed by atoms with Crippen LogP contribution in [0.25, 0.3) is 0 Å². The van der Waals surface area contributed by atoms with Gasteiger partial charge in [0.2, 0.25) is 11.2 Å². The Kier molecular flexibility index (Phi) is 12.6. The van der Waals surface area contributed by atoms with Crippen LogP contribution in [0.2, 0.25) is 118 Å². The molecule has 2 aromatic carbocycles. The summed E-state index contributed by atoms with van der Waals surface area (Å²) in [5.74, 6) is -0.332. The molecule has 2 aromatic rings. The van der Waals surface area contributed by atoms with Gasteiger partial charge in [-0.05, 0) is 48.1 Å². The van der Waals surface area contributed by atoms with E-state index in [1.165, 1.54) is 10.4 Å². The first kappa shape index (κ1) is 43.3. The van der Waals surface area contributed by atoms with Crippen molar-refractivity contribution in [2.75, 3.05) is 0 Å². The second-order valence-electron chi connectivity index (χ2n) is 21.2. The van der Waals surface area contributed by atoms with E-state index in [0.29, 0.717) is 15.5 Å². The number of rotatable bonds is 10. The lowest BCUT2D eigenvalue weighted by molar-refractivity contribution is 0.877. The summed E-state index contributed by atoms with van der Waals surface area (Å²) in [6.07, 6.45) is 2.17. The smallest absolute Gasteiger partial charge is 0.149 e. The molecule has 0 fully saturated rings. The average molecular weight is 849 g/mol. The topological polar surface area (TPSA) is 0 Å². The van der Waals surface area contributed by atoms with Crippen molar-refractivity contribution in [3.8, 4) is 0 Å². The van der Waals surface area contributed by atoms with Gasteiger partial charge in [0, 0.05) is 54.4 Å². The molecule has 2 atom stereocenters. The summed E-state index contributed by atoms with van der Waals surface area (Å²) in [5, 5.41) is 4.49. The summed E-state index contributed by atoms with van der Waals surface area (Å²) in [6.45, 7) is 47.0. The van der Waals surface area contributed by atoms with Crippen LogP contribution in [0, 0.1) is 0 Å². The molecular weight excluding hydrogens is 783 g/mol. The molecule has 0 bridgehead atoms. The second-order valence-corrected chi connectivity index (χ2v) is 61.8. The maximum atomic E-state index is 8.56. The first-order chi connectivity index (χ1) is 21.1. The number of hydrogen-bond donors (Lipinski definition) is 0. The van der Waals surface area contributed by atoms with Crippen molar-refractivity contribution in [1.29, 1.82) is 0 Å². The fourth-order valence-corrected chi connectivity index (χ4v) is 54.6. The standard InChI is InChI=1S/C37H66Cl4Si7/c1-42(2,3)34(43(4,5)6)27-25-29(35(44(7,8)9)45(10,11)12)33(30(26-27)36(46(13,14)15)47(16,17)18)48(41)24-23-31(37(38,39)40)28-21-19-20-22-32(28)48/h19-26,31,34-36H,1-18H3/t31-,48-/m0/s1. The largest absolute Gasteiger partial charge is 0.241 e. The minimum atomic E-state index is -3.01. The minimum absolute atomic E-state index is 0.332. The number of hydrogen-bond acceptors (Lipinski definition) is 0. The lowest BCUT2D eigenvalue weighted by Crippen LogP contribution is -2.63. The zero-order valence-electron chi connectivity index (χ0n) is 33.4. The summed E-state index contributed by atoms with van der Waals surface area (Å²) in [6, 6.07) is 14.2. The molecule has 0 N–H and O–H groups in total. The Morgan fingerprint density at radius 2 is 0.917 bits per heavy atom. The Morgan fingerprint density at radius 3 is 1.25 bits per heavy atom.